The molecule has 3 heterocycles. The molecule has 2 aromatic carbocycles. The van der Waals surface area contributed by atoms with Crippen LogP contribution in [0.4, 0.5) is 17.1 Å². The molecule has 2 fully saturated rings. The first-order valence-electron chi connectivity index (χ1n) is 12.6. The Balaban J connectivity index is 1.29. The summed E-state index contributed by atoms with van der Waals surface area (Å²) in [5, 5.41) is 33.6. The van der Waals surface area contributed by atoms with Gasteiger partial charge in [0.25, 0.3) is 0 Å². The van der Waals surface area contributed by atoms with Crippen molar-refractivity contribution in [1.82, 2.24) is 0 Å². The lowest BCUT2D eigenvalue weighted by Crippen LogP contribution is -2.45. The van der Waals surface area contributed by atoms with E-state index >= 15 is 0 Å². The molecule has 9 nitrogen and oxygen atoms in total. The van der Waals surface area contributed by atoms with Gasteiger partial charge in [-0.05, 0) is 78.3 Å². The third kappa shape index (κ3) is 4.15. The molecule has 1 aliphatic carbocycles. The van der Waals surface area contributed by atoms with Crippen molar-refractivity contribution in [2.24, 2.45) is 17.8 Å². The van der Waals surface area contributed by atoms with Gasteiger partial charge in [0, 0.05) is 11.4 Å². The lowest BCUT2D eigenvalue weighted by Gasteiger charge is -2.41. The molecule has 0 unspecified atom stereocenters. The maximum Gasteiger partial charge on any atom is 0.487 e. The zero-order chi connectivity index (χ0) is 26.4. The molecule has 3 aliphatic rings. The number of carbonyl (C=O) groups excluding carboxylic acids is 2. The lowest BCUT2D eigenvalue weighted by atomic mass is 9.55. The highest BCUT2D eigenvalue weighted by molar-refractivity contribution is 6.53. The summed E-state index contributed by atoms with van der Waals surface area (Å²) in [5.41, 5.74) is 3.22. The molecule has 1 aromatic heterocycles. The number of nitrogens with zero attached hydrogens (tertiary/aromatic N) is 1. The molecule has 2 saturated heterocycles. The van der Waals surface area contributed by atoms with E-state index in [-0.39, 0.29) is 31.4 Å². The van der Waals surface area contributed by atoms with Crippen LogP contribution in [-0.2, 0) is 20.9 Å². The van der Waals surface area contributed by atoms with Crippen molar-refractivity contribution in [3.63, 3.8) is 0 Å². The second kappa shape index (κ2) is 9.88. The van der Waals surface area contributed by atoms with Crippen molar-refractivity contribution in [2.75, 3.05) is 16.8 Å². The van der Waals surface area contributed by atoms with Crippen molar-refractivity contribution in [3.05, 3.63) is 89.3 Å². The number of carbonyl (C=O) groups is 2. The number of rotatable bonds is 6. The minimum Gasteiger partial charge on any atom is -0.461 e. The fourth-order valence-electron chi connectivity index (χ4n) is 6.03. The van der Waals surface area contributed by atoms with Crippen molar-refractivity contribution in [2.45, 2.75) is 25.6 Å². The van der Waals surface area contributed by atoms with E-state index < -0.39 is 31.0 Å². The Labute approximate surface area is 219 Å². The van der Waals surface area contributed by atoms with Gasteiger partial charge in [0.2, 0.25) is 11.8 Å². The quantitative estimate of drug-likeness (QED) is 0.292. The Morgan fingerprint density at radius 2 is 1.63 bits per heavy atom. The normalized spacial score (nSPS) is 25.0. The molecule has 2 amide bonds. The average molecular weight is 514 g/mol. The summed E-state index contributed by atoms with van der Waals surface area (Å²) in [4.78, 5) is 28.6. The van der Waals surface area contributed by atoms with Gasteiger partial charge in [-0.3, -0.25) is 14.5 Å². The number of hydrogen-bond acceptors (Lipinski definition) is 8. The van der Waals surface area contributed by atoms with Gasteiger partial charge >= 0.3 is 7.12 Å². The summed E-state index contributed by atoms with van der Waals surface area (Å²) < 4.78 is 11.4. The highest BCUT2D eigenvalue weighted by Gasteiger charge is 2.58. The van der Waals surface area contributed by atoms with Crippen molar-refractivity contribution in [1.29, 1.82) is 0 Å². The summed E-state index contributed by atoms with van der Waals surface area (Å²) in [7, 11) is -1.34. The van der Waals surface area contributed by atoms with Gasteiger partial charge in [-0.2, -0.15) is 0 Å². The number of anilines is 3. The number of fused-ring (bicyclic) bond motifs is 3. The molecule has 6 rings (SSSR count). The van der Waals surface area contributed by atoms with Gasteiger partial charge < -0.3 is 29.6 Å². The topological polar surface area (TPSA) is 132 Å². The Bertz CT molecular complexity index is 1390. The van der Waals surface area contributed by atoms with Gasteiger partial charge in [-0.1, -0.05) is 18.2 Å². The maximum atomic E-state index is 13.8. The number of nitrogens with one attached hydrogen (secondary N) is 1. The van der Waals surface area contributed by atoms with E-state index in [2.05, 4.69) is 5.32 Å². The molecule has 3 aromatic rings. The van der Waals surface area contributed by atoms with E-state index in [4.69, 9.17) is 9.07 Å². The molecule has 2 aliphatic heterocycles. The summed E-state index contributed by atoms with van der Waals surface area (Å²) in [5.74, 6) is -1.69. The number of amides is 2. The predicted octanol–water partition coefficient (Wildman–Crippen LogP) is 3.11. The molecule has 38 heavy (non-hydrogen) atoms. The fourth-order valence-corrected chi connectivity index (χ4v) is 6.03. The number of para-hydroxylation sites is 1. The van der Waals surface area contributed by atoms with E-state index in [0.717, 1.165) is 11.4 Å². The summed E-state index contributed by atoms with van der Waals surface area (Å²) in [6, 6.07) is 20.1. The predicted molar refractivity (Wildman–Crippen MR) is 139 cm³/mol. The van der Waals surface area contributed by atoms with Gasteiger partial charge in [0.15, 0.2) is 0 Å². The number of benzene rings is 2. The van der Waals surface area contributed by atoms with Crippen molar-refractivity contribution in [3.8, 4) is 0 Å². The van der Waals surface area contributed by atoms with Gasteiger partial charge in [0.1, 0.15) is 24.2 Å². The monoisotopic (exact) mass is 514 g/mol. The summed E-state index contributed by atoms with van der Waals surface area (Å²) >= 11 is 0. The standard InChI is InChI=1S/C28H27BN2O7/c32-14-16-12-22-25(21-13-24(38-29(36)26(16)21)23-11-10-20(15-33)37-23)28(35)31(27(22)34)19-8-6-18(7-9-19)30-17-4-2-1-3-5-17/h1-11,21-22,24-25,30,32-33,36H,12-15H2/t21-,22-,24-,25+/m0/s1. The second-order valence-electron chi connectivity index (χ2n) is 9.88. The van der Waals surface area contributed by atoms with Crippen LogP contribution in [0.5, 0.6) is 0 Å². The summed E-state index contributed by atoms with van der Waals surface area (Å²) in [6.45, 7) is -0.609. The van der Waals surface area contributed by atoms with Crippen LogP contribution in [0.3, 0.4) is 0 Å². The van der Waals surface area contributed by atoms with E-state index in [9.17, 15) is 24.8 Å². The lowest BCUT2D eigenvalue weighted by molar-refractivity contribution is -0.123. The SMILES string of the molecule is O=C1[C@H]2[C@H](CC(CO)=C3B(O)O[C@H](c4ccc(CO)o4)C[C@H]32)C(=O)N1c1ccc(Nc2ccccc2)cc1. The van der Waals surface area contributed by atoms with Crippen LogP contribution in [0.2, 0.25) is 0 Å². The number of aliphatic hydroxyl groups excluding tert-OH is 2. The zero-order valence-corrected chi connectivity index (χ0v) is 20.5. The molecular formula is C28H27BN2O7. The first kappa shape index (κ1) is 24.6. The van der Waals surface area contributed by atoms with Crippen LogP contribution >= 0.6 is 0 Å². The molecule has 0 radical (unpaired) electrons. The van der Waals surface area contributed by atoms with Crippen molar-refractivity contribution < 1.29 is 33.9 Å². The fraction of sp³-hybridized carbons (Fsp3) is 0.286. The molecule has 10 heteroatoms. The third-order valence-corrected chi connectivity index (χ3v) is 7.75. The highest BCUT2D eigenvalue weighted by Crippen LogP contribution is 2.52. The van der Waals surface area contributed by atoms with Crippen LogP contribution in [0.15, 0.2) is 82.2 Å². The first-order valence-corrected chi connectivity index (χ1v) is 12.6. The number of furan rings is 1. The molecule has 0 spiro atoms. The van der Waals surface area contributed by atoms with Crippen LogP contribution in [0, 0.1) is 17.8 Å². The Morgan fingerprint density at radius 3 is 2.32 bits per heavy atom. The Morgan fingerprint density at radius 1 is 0.895 bits per heavy atom. The van der Waals surface area contributed by atoms with E-state index in [1.807, 2.05) is 42.5 Å². The maximum absolute atomic E-state index is 13.8. The molecule has 4 N–H and O–H groups in total. The largest absolute Gasteiger partial charge is 0.487 e. The third-order valence-electron chi connectivity index (χ3n) is 7.75. The van der Waals surface area contributed by atoms with Crippen LogP contribution in [-0.4, -0.2) is 40.8 Å². The summed E-state index contributed by atoms with van der Waals surface area (Å²) in [6.07, 6.45) is -0.192. The van der Waals surface area contributed by atoms with Gasteiger partial charge in [-0.25, -0.2) is 0 Å². The smallest absolute Gasteiger partial charge is 0.461 e. The van der Waals surface area contributed by atoms with E-state index in [1.54, 1.807) is 24.3 Å². The van der Waals surface area contributed by atoms with Gasteiger partial charge in [-0.15, -0.1) is 0 Å². The molecule has 4 atom stereocenters. The number of allylic oxidation sites excluding steroid dienone is 1. The molecule has 0 saturated carbocycles. The molecule has 194 valence electrons. The van der Waals surface area contributed by atoms with E-state index in [1.165, 1.54) is 4.90 Å². The van der Waals surface area contributed by atoms with Gasteiger partial charge in [0.05, 0.1) is 24.1 Å². The minimum absolute atomic E-state index is 0.183. The zero-order valence-electron chi connectivity index (χ0n) is 20.5. The van der Waals surface area contributed by atoms with Crippen molar-refractivity contribution >= 4 is 36.0 Å². The Hall–Kier alpha value is -3.70. The highest BCUT2D eigenvalue weighted by atomic mass is 16.5. The Kier molecular flexibility index (Phi) is 6.41. The van der Waals surface area contributed by atoms with Crippen LogP contribution in [0.1, 0.15) is 30.5 Å². The number of aliphatic hydroxyl groups is 2. The first-order chi connectivity index (χ1) is 18.5. The van der Waals surface area contributed by atoms with Crippen LogP contribution < -0.4 is 10.2 Å². The van der Waals surface area contributed by atoms with Crippen LogP contribution in [0.25, 0.3) is 0 Å². The number of hydrogen-bond donors (Lipinski definition) is 4. The minimum atomic E-state index is -1.34. The molecule has 0 bridgehead atoms. The molecular weight excluding hydrogens is 487 g/mol. The second-order valence-corrected chi connectivity index (χ2v) is 9.88. The number of imide groups is 1. The van der Waals surface area contributed by atoms with E-state index in [0.29, 0.717) is 34.7 Å². The average Bonchev–Trinajstić information content (AvgIpc) is 3.52.